The van der Waals surface area contributed by atoms with Crippen LogP contribution in [0.5, 0.6) is 5.75 Å². The van der Waals surface area contributed by atoms with Crippen molar-refractivity contribution >= 4 is 0 Å². The molecule has 4 heteroatoms. The zero-order valence-electron chi connectivity index (χ0n) is 11.1. The van der Waals surface area contributed by atoms with Gasteiger partial charge in [-0.2, -0.15) is 0 Å². The van der Waals surface area contributed by atoms with Gasteiger partial charge in [0.15, 0.2) is 0 Å². The SMILES string of the molecule is Cc1ccc2c(c1)[C@@H](N)CC(c1cc(F)cc(F)c1)O2. The molecule has 0 aromatic heterocycles. The minimum absolute atomic E-state index is 0.199. The Labute approximate surface area is 116 Å². The molecule has 3 rings (SSSR count). The number of halogens is 2. The molecule has 0 spiro atoms. The van der Waals surface area contributed by atoms with Crippen LogP contribution in [0.2, 0.25) is 0 Å². The van der Waals surface area contributed by atoms with Crippen LogP contribution in [-0.4, -0.2) is 0 Å². The lowest BCUT2D eigenvalue weighted by atomic mass is 9.92. The van der Waals surface area contributed by atoms with Crippen LogP contribution in [0.4, 0.5) is 8.78 Å². The molecule has 1 aliphatic rings. The monoisotopic (exact) mass is 275 g/mol. The molecule has 0 saturated heterocycles. The van der Waals surface area contributed by atoms with E-state index in [1.807, 2.05) is 25.1 Å². The van der Waals surface area contributed by atoms with E-state index in [2.05, 4.69) is 0 Å². The minimum Gasteiger partial charge on any atom is -0.485 e. The van der Waals surface area contributed by atoms with Crippen molar-refractivity contribution in [3.8, 4) is 5.75 Å². The van der Waals surface area contributed by atoms with Crippen LogP contribution in [0.25, 0.3) is 0 Å². The molecule has 2 aromatic rings. The van der Waals surface area contributed by atoms with E-state index in [1.165, 1.54) is 12.1 Å². The zero-order chi connectivity index (χ0) is 14.3. The Kier molecular flexibility index (Phi) is 3.18. The summed E-state index contributed by atoms with van der Waals surface area (Å²) < 4.78 is 32.4. The van der Waals surface area contributed by atoms with Crippen molar-refractivity contribution in [2.45, 2.75) is 25.5 Å². The highest BCUT2D eigenvalue weighted by Crippen LogP contribution is 2.40. The predicted octanol–water partition coefficient (Wildman–Crippen LogP) is 3.80. The van der Waals surface area contributed by atoms with Gasteiger partial charge in [0, 0.05) is 24.1 Å². The van der Waals surface area contributed by atoms with E-state index in [4.69, 9.17) is 10.5 Å². The van der Waals surface area contributed by atoms with E-state index in [9.17, 15) is 8.78 Å². The number of rotatable bonds is 1. The molecule has 2 N–H and O–H groups in total. The average Bonchev–Trinajstić information content (AvgIpc) is 2.38. The van der Waals surface area contributed by atoms with Crippen molar-refractivity contribution in [1.82, 2.24) is 0 Å². The summed E-state index contributed by atoms with van der Waals surface area (Å²) in [7, 11) is 0. The van der Waals surface area contributed by atoms with Crippen molar-refractivity contribution in [3.05, 3.63) is 64.7 Å². The molecule has 2 atom stereocenters. The highest BCUT2D eigenvalue weighted by Gasteiger charge is 2.27. The number of ether oxygens (including phenoxy) is 1. The molecule has 20 heavy (non-hydrogen) atoms. The third-order valence-electron chi connectivity index (χ3n) is 3.56. The summed E-state index contributed by atoms with van der Waals surface area (Å²) in [6, 6.07) is 9.01. The molecule has 1 heterocycles. The van der Waals surface area contributed by atoms with Crippen molar-refractivity contribution < 1.29 is 13.5 Å². The van der Waals surface area contributed by atoms with Gasteiger partial charge in [0.05, 0.1) is 0 Å². The lowest BCUT2D eigenvalue weighted by Crippen LogP contribution is -2.24. The number of hydrogen-bond acceptors (Lipinski definition) is 2. The maximum absolute atomic E-state index is 13.3. The maximum Gasteiger partial charge on any atom is 0.126 e. The quantitative estimate of drug-likeness (QED) is 0.859. The molecule has 2 nitrogen and oxygen atoms in total. The third kappa shape index (κ3) is 2.39. The van der Waals surface area contributed by atoms with Crippen LogP contribution < -0.4 is 10.5 Å². The molecule has 104 valence electrons. The summed E-state index contributed by atoms with van der Waals surface area (Å²) in [6.45, 7) is 1.99. The van der Waals surface area contributed by atoms with Crippen LogP contribution in [0.3, 0.4) is 0 Å². The van der Waals surface area contributed by atoms with Gasteiger partial charge in [-0.15, -0.1) is 0 Å². The van der Waals surface area contributed by atoms with Crippen LogP contribution in [0.1, 0.15) is 35.3 Å². The lowest BCUT2D eigenvalue weighted by Gasteiger charge is -2.31. The minimum atomic E-state index is -0.605. The molecule has 1 aliphatic heterocycles. The van der Waals surface area contributed by atoms with Gasteiger partial charge >= 0.3 is 0 Å². The Balaban J connectivity index is 1.96. The molecule has 0 radical (unpaired) electrons. The highest BCUT2D eigenvalue weighted by molar-refractivity contribution is 5.41. The number of benzene rings is 2. The summed E-state index contributed by atoms with van der Waals surface area (Å²) >= 11 is 0. The zero-order valence-corrected chi connectivity index (χ0v) is 11.1. The Morgan fingerprint density at radius 3 is 2.50 bits per heavy atom. The van der Waals surface area contributed by atoms with Gasteiger partial charge in [0.1, 0.15) is 23.5 Å². The second-order valence-electron chi connectivity index (χ2n) is 5.19. The molecule has 1 unspecified atom stereocenters. The first kappa shape index (κ1) is 13.1. The molecule has 0 aliphatic carbocycles. The first-order valence-electron chi connectivity index (χ1n) is 6.52. The number of aryl methyl sites for hydroxylation is 1. The molecule has 0 bridgehead atoms. The van der Waals surface area contributed by atoms with Gasteiger partial charge < -0.3 is 10.5 Å². The van der Waals surface area contributed by atoms with Gasteiger partial charge in [-0.1, -0.05) is 17.7 Å². The fourth-order valence-electron chi connectivity index (χ4n) is 2.59. The van der Waals surface area contributed by atoms with E-state index in [1.54, 1.807) is 0 Å². The summed E-state index contributed by atoms with van der Waals surface area (Å²) in [5, 5.41) is 0. The fraction of sp³-hybridized carbons (Fsp3) is 0.250. The normalized spacial score (nSPS) is 21.2. The van der Waals surface area contributed by atoms with E-state index in [-0.39, 0.29) is 6.04 Å². The predicted molar refractivity (Wildman–Crippen MR) is 72.5 cm³/mol. The second-order valence-corrected chi connectivity index (χ2v) is 5.19. The Bertz CT molecular complexity index is 637. The molecule has 2 aromatic carbocycles. The van der Waals surface area contributed by atoms with Gasteiger partial charge in [-0.3, -0.25) is 0 Å². The van der Waals surface area contributed by atoms with Crippen molar-refractivity contribution in [2.24, 2.45) is 5.73 Å². The molecular weight excluding hydrogens is 260 g/mol. The Morgan fingerprint density at radius 2 is 1.80 bits per heavy atom. The van der Waals surface area contributed by atoms with Gasteiger partial charge in [0.2, 0.25) is 0 Å². The summed E-state index contributed by atoms with van der Waals surface area (Å²) in [6.07, 6.45) is 0.0738. The summed E-state index contributed by atoms with van der Waals surface area (Å²) in [4.78, 5) is 0. The number of fused-ring (bicyclic) bond motifs is 1. The van der Waals surface area contributed by atoms with Crippen LogP contribution >= 0.6 is 0 Å². The maximum atomic E-state index is 13.3. The van der Waals surface area contributed by atoms with Crippen molar-refractivity contribution in [1.29, 1.82) is 0 Å². The first-order chi connectivity index (χ1) is 9.52. The summed E-state index contributed by atoms with van der Waals surface area (Å²) in [5.74, 6) is -0.525. The topological polar surface area (TPSA) is 35.2 Å². The second kappa shape index (κ2) is 4.87. The number of nitrogens with two attached hydrogens (primary N) is 1. The third-order valence-corrected chi connectivity index (χ3v) is 3.56. The standard InChI is InChI=1S/C16H15F2NO/c1-9-2-3-15-13(4-9)14(19)8-16(20-15)10-5-11(17)7-12(18)6-10/h2-7,14,16H,8,19H2,1H3/t14-,16?/m0/s1. The summed E-state index contributed by atoms with van der Waals surface area (Å²) in [5.41, 5.74) is 8.68. The Hall–Kier alpha value is -1.94. The molecule has 0 saturated carbocycles. The first-order valence-corrected chi connectivity index (χ1v) is 6.52. The van der Waals surface area contributed by atoms with Crippen LogP contribution in [0.15, 0.2) is 36.4 Å². The van der Waals surface area contributed by atoms with E-state index < -0.39 is 17.7 Å². The molecule has 0 amide bonds. The Morgan fingerprint density at radius 1 is 1.10 bits per heavy atom. The molecule has 0 fully saturated rings. The van der Waals surface area contributed by atoms with Crippen molar-refractivity contribution in [2.75, 3.05) is 0 Å². The van der Waals surface area contributed by atoms with Crippen LogP contribution in [-0.2, 0) is 0 Å². The molecular formula is C16H15F2NO. The van der Waals surface area contributed by atoms with Crippen molar-refractivity contribution in [3.63, 3.8) is 0 Å². The van der Waals surface area contributed by atoms with Gasteiger partial charge in [-0.25, -0.2) is 8.78 Å². The smallest absolute Gasteiger partial charge is 0.126 e. The van der Waals surface area contributed by atoms with E-state index >= 15 is 0 Å². The highest BCUT2D eigenvalue weighted by atomic mass is 19.1. The van der Waals surface area contributed by atoms with E-state index in [0.29, 0.717) is 17.7 Å². The van der Waals surface area contributed by atoms with Gasteiger partial charge in [-0.05, 0) is 30.7 Å². The fourth-order valence-corrected chi connectivity index (χ4v) is 2.59. The van der Waals surface area contributed by atoms with Crippen LogP contribution in [0, 0.1) is 18.6 Å². The largest absolute Gasteiger partial charge is 0.485 e. The lowest BCUT2D eigenvalue weighted by molar-refractivity contribution is 0.160. The number of hydrogen-bond donors (Lipinski definition) is 1. The average molecular weight is 275 g/mol. The van der Waals surface area contributed by atoms with E-state index in [0.717, 1.165) is 17.2 Å². The van der Waals surface area contributed by atoms with Gasteiger partial charge in [0.25, 0.3) is 0 Å².